The van der Waals surface area contributed by atoms with E-state index < -0.39 is 29.2 Å². The number of hydroxylamine groups is 2. The zero-order chi connectivity index (χ0) is 23.1. The van der Waals surface area contributed by atoms with Crippen LogP contribution in [0.5, 0.6) is 0 Å². The third kappa shape index (κ3) is 7.99. The molecule has 1 aromatic rings. The van der Waals surface area contributed by atoms with Crippen LogP contribution in [0.15, 0.2) is 42.6 Å². The highest BCUT2D eigenvalue weighted by atomic mass is 16.5. The van der Waals surface area contributed by atoms with Crippen LogP contribution in [0.3, 0.4) is 0 Å². The molecule has 0 saturated heterocycles. The molecule has 0 radical (unpaired) electrons. The summed E-state index contributed by atoms with van der Waals surface area (Å²) in [5.74, 6) is -1.86. The van der Waals surface area contributed by atoms with Gasteiger partial charge in [-0.05, 0) is 36.8 Å². The molecule has 0 heterocycles. The van der Waals surface area contributed by atoms with Crippen molar-refractivity contribution < 1.29 is 19.6 Å². The molecular formula is C23H35N3O4. The summed E-state index contributed by atoms with van der Waals surface area (Å²) < 4.78 is 0. The van der Waals surface area contributed by atoms with Crippen LogP contribution >= 0.6 is 0 Å². The fourth-order valence-electron chi connectivity index (χ4n) is 3.03. The lowest BCUT2D eigenvalue weighted by Gasteiger charge is -2.32. The Hall–Kier alpha value is -2.67. The highest BCUT2D eigenvalue weighted by Crippen LogP contribution is 2.24. The lowest BCUT2D eigenvalue weighted by molar-refractivity contribution is -0.159. The van der Waals surface area contributed by atoms with E-state index in [1.54, 1.807) is 12.1 Å². The maximum atomic E-state index is 13.1. The lowest BCUT2D eigenvalue weighted by atomic mass is 9.85. The van der Waals surface area contributed by atoms with Gasteiger partial charge in [-0.25, -0.2) is 0 Å². The maximum Gasteiger partial charge on any atom is 0.251 e. The van der Waals surface area contributed by atoms with Gasteiger partial charge in [0, 0.05) is 23.7 Å². The zero-order valence-corrected chi connectivity index (χ0v) is 18.9. The molecule has 0 fully saturated rings. The van der Waals surface area contributed by atoms with Crippen LogP contribution in [-0.4, -0.2) is 34.0 Å². The maximum absolute atomic E-state index is 13.1. The Bertz CT molecular complexity index is 753. The number of hydrogen-bond donors (Lipinski definition) is 3. The standard InChI is InChI=1S/C23H35N3O4/c1-15(2)13-17(14-19(27)26(30)16(3)4)21(28)25-20(23(5,6)7)22(29)24-18-11-9-8-10-12-18/h8-12,15,17,20,30H,3,13-14H2,1-2,4-7H3,(H,24,29)(H,25,28)/t17-,20-/m1/s1. The molecule has 0 saturated carbocycles. The number of para-hydroxylation sites is 1. The van der Waals surface area contributed by atoms with Crippen molar-refractivity contribution in [3.05, 3.63) is 42.6 Å². The smallest absolute Gasteiger partial charge is 0.251 e. The molecule has 3 N–H and O–H groups in total. The normalized spacial score (nSPS) is 13.3. The van der Waals surface area contributed by atoms with Gasteiger partial charge < -0.3 is 10.6 Å². The summed E-state index contributed by atoms with van der Waals surface area (Å²) in [5, 5.41) is 15.9. The van der Waals surface area contributed by atoms with Crippen LogP contribution in [0, 0.1) is 17.3 Å². The van der Waals surface area contributed by atoms with Crippen LogP contribution < -0.4 is 10.6 Å². The van der Waals surface area contributed by atoms with Crippen molar-refractivity contribution in [2.75, 3.05) is 5.32 Å². The molecular weight excluding hydrogens is 382 g/mol. The first-order valence-electron chi connectivity index (χ1n) is 10.2. The highest BCUT2D eigenvalue weighted by molar-refractivity contribution is 5.98. The van der Waals surface area contributed by atoms with E-state index in [-0.39, 0.29) is 23.9 Å². The van der Waals surface area contributed by atoms with Gasteiger partial charge in [0.15, 0.2) is 0 Å². The monoisotopic (exact) mass is 417 g/mol. The number of carbonyl (C=O) groups is 3. The van der Waals surface area contributed by atoms with Crippen LogP contribution in [0.2, 0.25) is 0 Å². The second-order valence-electron chi connectivity index (χ2n) is 9.13. The van der Waals surface area contributed by atoms with E-state index in [0.717, 1.165) is 0 Å². The van der Waals surface area contributed by atoms with Crippen LogP contribution in [0.25, 0.3) is 0 Å². The number of rotatable bonds is 9. The van der Waals surface area contributed by atoms with Gasteiger partial charge in [-0.3, -0.25) is 19.6 Å². The summed E-state index contributed by atoms with van der Waals surface area (Å²) in [4.78, 5) is 38.3. The Kier molecular flexibility index (Phi) is 9.23. The first-order valence-corrected chi connectivity index (χ1v) is 10.2. The molecule has 7 nitrogen and oxygen atoms in total. The largest absolute Gasteiger partial charge is 0.344 e. The second-order valence-corrected chi connectivity index (χ2v) is 9.13. The lowest BCUT2D eigenvalue weighted by Crippen LogP contribution is -2.53. The molecule has 166 valence electrons. The van der Waals surface area contributed by atoms with E-state index in [1.807, 2.05) is 52.8 Å². The zero-order valence-electron chi connectivity index (χ0n) is 18.9. The summed E-state index contributed by atoms with van der Waals surface area (Å²) in [6.07, 6.45) is 0.267. The van der Waals surface area contributed by atoms with Gasteiger partial charge in [-0.15, -0.1) is 0 Å². The van der Waals surface area contributed by atoms with Crippen molar-refractivity contribution in [2.24, 2.45) is 17.3 Å². The molecule has 30 heavy (non-hydrogen) atoms. The predicted molar refractivity (Wildman–Crippen MR) is 117 cm³/mol. The SMILES string of the molecule is C=C(C)N(O)C(=O)C[C@@H](CC(C)C)C(=O)N[C@H](C(=O)Nc1ccccc1)C(C)(C)C. The van der Waals surface area contributed by atoms with Crippen molar-refractivity contribution in [3.63, 3.8) is 0 Å². The van der Waals surface area contributed by atoms with Gasteiger partial charge in [0.1, 0.15) is 6.04 Å². The third-order valence-corrected chi connectivity index (χ3v) is 4.60. The van der Waals surface area contributed by atoms with Gasteiger partial charge in [0.2, 0.25) is 11.8 Å². The van der Waals surface area contributed by atoms with Gasteiger partial charge in [0.25, 0.3) is 5.91 Å². The van der Waals surface area contributed by atoms with Crippen molar-refractivity contribution in [2.45, 2.75) is 60.4 Å². The second kappa shape index (κ2) is 10.9. The van der Waals surface area contributed by atoms with E-state index in [1.165, 1.54) is 6.92 Å². The summed E-state index contributed by atoms with van der Waals surface area (Å²) in [5.41, 5.74) is 0.262. The van der Waals surface area contributed by atoms with E-state index >= 15 is 0 Å². The first kappa shape index (κ1) is 25.4. The Labute approximate surface area is 179 Å². The van der Waals surface area contributed by atoms with Gasteiger partial charge in [-0.1, -0.05) is 59.4 Å². The predicted octanol–water partition coefficient (Wildman–Crippen LogP) is 3.96. The topological polar surface area (TPSA) is 98.7 Å². The number of allylic oxidation sites excluding steroid dienone is 1. The molecule has 0 bridgehead atoms. The van der Waals surface area contributed by atoms with E-state index in [4.69, 9.17) is 0 Å². The highest BCUT2D eigenvalue weighted by Gasteiger charge is 2.35. The van der Waals surface area contributed by atoms with Gasteiger partial charge in [-0.2, -0.15) is 5.06 Å². The fraction of sp³-hybridized carbons (Fsp3) is 0.522. The minimum absolute atomic E-state index is 0.150. The quantitative estimate of drug-likeness (QED) is 0.418. The van der Waals surface area contributed by atoms with Crippen molar-refractivity contribution in [1.82, 2.24) is 10.4 Å². The molecule has 2 atom stereocenters. The Morgan fingerprint density at radius 2 is 1.67 bits per heavy atom. The minimum atomic E-state index is -0.804. The molecule has 0 aromatic heterocycles. The van der Waals surface area contributed by atoms with Crippen LogP contribution in [-0.2, 0) is 14.4 Å². The van der Waals surface area contributed by atoms with Crippen LogP contribution in [0.4, 0.5) is 5.69 Å². The molecule has 0 aliphatic heterocycles. The number of nitrogens with one attached hydrogen (secondary N) is 2. The Morgan fingerprint density at radius 3 is 2.13 bits per heavy atom. The third-order valence-electron chi connectivity index (χ3n) is 4.60. The van der Waals surface area contributed by atoms with Crippen molar-refractivity contribution >= 4 is 23.4 Å². The summed E-state index contributed by atoms with van der Waals surface area (Å²) in [6.45, 7) is 14.5. The average molecular weight is 418 g/mol. The Morgan fingerprint density at radius 1 is 1.10 bits per heavy atom. The summed E-state index contributed by atoms with van der Waals surface area (Å²) in [7, 11) is 0. The minimum Gasteiger partial charge on any atom is -0.344 e. The summed E-state index contributed by atoms with van der Waals surface area (Å²) in [6, 6.07) is 8.21. The fourth-order valence-corrected chi connectivity index (χ4v) is 3.03. The number of benzene rings is 1. The van der Waals surface area contributed by atoms with Crippen molar-refractivity contribution in [1.29, 1.82) is 0 Å². The molecule has 1 rings (SSSR count). The molecule has 7 heteroatoms. The Balaban J connectivity index is 3.00. The number of amides is 3. The van der Waals surface area contributed by atoms with Gasteiger partial charge >= 0.3 is 0 Å². The summed E-state index contributed by atoms with van der Waals surface area (Å²) >= 11 is 0. The molecule has 0 spiro atoms. The van der Waals surface area contributed by atoms with Crippen molar-refractivity contribution in [3.8, 4) is 0 Å². The number of carbonyl (C=O) groups excluding carboxylic acids is 3. The van der Waals surface area contributed by atoms with E-state index in [2.05, 4.69) is 17.2 Å². The van der Waals surface area contributed by atoms with E-state index in [0.29, 0.717) is 17.2 Å². The average Bonchev–Trinajstić information content (AvgIpc) is 2.63. The molecule has 1 aromatic carbocycles. The number of hydrogen-bond acceptors (Lipinski definition) is 4. The first-order chi connectivity index (χ1) is 13.8. The number of nitrogens with zero attached hydrogens (tertiary/aromatic N) is 1. The number of anilines is 1. The van der Waals surface area contributed by atoms with Gasteiger partial charge in [0.05, 0.1) is 0 Å². The molecule has 0 aliphatic rings. The molecule has 0 aliphatic carbocycles. The van der Waals surface area contributed by atoms with Crippen LogP contribution in [0.1, 0.15) is 54.4 Å². The molecule has 3 amide bonds. The van der Waals surface area contributed by atoms with E-state index in [9.17, 15) is 19.6 Å². The molecule has 0 unspecified atom stereocenters.